The Morgan fingerprint density at radius 1 is 1.82 bits per heavy atom. The number of hydrogen-bond donors (Lipinski definition) is 1. The average molecular weight is 171 g/mol. The van der Waals surface area contributed by atoms with Gasteiger partial charge in [0.15, 0.2) is 10.8 Å². The highest BCUT2D eigenvalue weighted by atomic mass is 32.1. The molecule has 1 aromatic rings. The zero-order valence-electron chi connectivity index (χ0n) is 6.20. The molecule has 0 aliphatic heterocycles. The Labute approximate surface area is 68.7 Å². The predicted octanol–water partition coefficient (Wildman–Crippen LogP) is 1.23. The Morgan fingerprint density at radius 3 is 3.00 bits per heavy atom. The maximum Gasteiger partial charge on any atom is 0.191 e. The zero-order chi connectivity index (χ0) is 8.27. The van der Waals surface area contributed by atoms with Gasteiger partial charge in [0.1, 0.15) is 0 Å². The van der Waals surface area contributed by atoms with Gasteiger partial charge in [-0.05, 0) is 0 Å². The minimum absolute atomic E-state index is 0.0331. The molecular formula is C7H9NO2S. The summed E-state index contributed by atoms with van der Waals surface area (Å²) in [7, 11) is 0. The molecule has 0 atom stereocenters. The van der Waals surface area contributed by atoms with E-state index in [0.29, 0.717) is 11.4 Å². The molecule has 11 heavy (non-hydrogen) atoms. The predicted molar refractivity (Wildman–Crippen MR) is 42.7 cm³/mol. The van der Waals surface area contributed by atoms with Gasteiger partial charge in [-0.3, -0.25) is 4.79 Å². The minimum atomic E-state index is -0.0331. The topological polar surface area (TPSA) is 50.2 Å². The third kappa shape index (κ3) is 1.85. The lowest BCUT2D eigenvalue weighted by Gasteiger charge is -1.86. The zero-order valence-corrected chi connectivity index (χ0v) is 7.02. The lowest BCUT2D eigenvalue weighted by Crippen LogP contribution is -1.93. The average Bonchev–Trinajstić information content (AvgIpc) is 2.50. The summed E-state index contributed by atoms with van der Waals surface area (Å²) in [4.78, 5) is 15.6. The van der Waals surface area contributed by atoms with Crippen LogP contribution in [0.2, 0.25) is 0 Å². The molecule has 0 aliphatic rings. The van der Waals surface area contributed by atoms with Gasteiger partial charge < -0.3 is 5.11 Å². The van der Waals surface area contributed by atoms with Crippen LogP contribution < -0.4 is 0 Å². The molecule has 1 N–H and O–H groups in total. The largest absolute Gasteiger partial charge is 0.391 e. The number of carbonyl (C=O) groups excluding carboxylic acids is 1. The van der Waals surface area contributed by atoms with Gasteiger partial charge in [0.05, 0.1) is 11.5 Å². The molecule has 60 valence electrons. The van der Waals surface area contributed by atoms with Gasteiger partial charge in [-0.2, -0.15) is 0 Å². The summed E-state index contributed by atoms with van der Waals surface area (Å²) in [5, 5.41) is 9.16. The number of aliphatic hydroxyl groups is 1. The molecule has 0 amide bonds. The molecule has 0 radical (unpaired) electrons. The number of rotatable bonds is 3. The van der Waals surface area contributed by atoms with E-state index in [-0.39, 0.29) is 12.4 Å². The van der Waals surface area contributed by atoms with Crippen molar-refractivity contribution in [2.24, 2.45) is 0 Å². The summed E-state index contributed by atoms with van der Waals surface area (Å²) in [6, 6.07) is 0. The van der Waals surface area contributed by atoms with Crippen LogP contribution in [0.15, 0.2) is 6.20 Å². The Hall–Kier alpha value is -0.740. The minimum Gasteiger partial charge on any atom is -0.391 e. The van der Waals surface area contributed by atoms with Crippen molar-refractivity contribution < 1.29 is 9.90 Å². The summed E-state index contributed by atoms with van der Waals surface area (Å²) in [5.74, 6) is 0.0368. The number of Topliss-reactive ketones (excluding diaryl/α,β-unsaturated/α-hetero) is 1. The number of hydrogen-bond acceptors (Lipinski definition) is 4. The van der Waals surface area contributed by atoms with E-state index < -0.39 is 0 Å². The standard InChI is InChI=1S/C7H9NO2S/c1-2-6(10)7-8-3-5(4-9)11-7/h3,9H,2,4H2,1H3. The SMILES string of the molecule is CCC(=O)c1ncc(CO)s1. The quantitative estimate of drug-likeness (QED) is 0.696. The fraction of sp³-hybridized carbons (Fsp3) is 0.429. The second-order valence-corrected chi connectivity index (χ2v) is 3.18. The molecule has 0 aromatic carbocycles. The highest BCUT2D eigenvalue weighted by molar-refractivity contribution is 7.13. The molecule has 0 saturated heterocycles. The highest BCUT2D eigenvalue weighted by Crippen LogP contribution is 2.13. The van der Waals surface area contributed by atoms with E-state index in [1.54, 1.807) is 6.92 Å². The Kier molecular flexibility index (Phi) is 2.73. The van der Waals surface area contributed by atoms with Crippen LogP contribution in [0.1, 0.15) is 28.0 Å². The van der Waals surface area contributed by atoms with E-state index in [1.807, 2.05) is 0 Å². The van der Waals surface area contributed by atoms with Crippen LogP contribution in [0.5, 0.6) is 0 Å². The molecule has 0 unspecified atom stereocenters. The summed E-state index contributed by atoms with van der Waals surface area (Å²) >= 11 is 1.25. The number of aliphatic hydroxyl groups excluding tert-OH is 1. The Bertz CT molecular complexity index is 257. The summed E-state index contributed by atoms with van der Waals surface area (Å²) in [6.45, 7) is 1.76. The van der Waals surface area contributed by atoms with Crippen molar-refractivity contribution >= 4 is 17.1 Å². The van der Waals surface area contributed by atoms with Crippen molar-refractivity contribution in [2.75, 3.05) is 0 Å². The van der Waals surface area contributed by atoms with Gasteiger partial charge in [-0.25, -0.2) is 4.98 Å². The molecule has 1 aromatic heterocycles. The van der Waals surface area contributed by atoms with E-state index >= 15 is 0 Å². The fourth-order valence-electron chi connectivity index (χ4n) is 0.661. The second-order valence-electron chi connectivity index (χ2n) is 2.07. The second kappa shape index (κ2) is 3.59. The number of carbonyl (C=O) groups is 1. The van der Waals surface area contributed by atoms with Crippen LogP contribution in [0.25, 0.3) is 0 Å². The normalized spacial score (nSPS) is 10.0. The van der Waals surface area contributed by atoms with Crippen molar-refractivity contribution in [3.8, 4) is 0 Å². The van der Waals surface area contributed by atoms with Crippen molar-refractivity contribution in [3.63, 3.8) is 0 Å². The molecule has 1 rings (SSSR count). The molecule has 0 aliphatic carbocycles. The van der Waals surface area contributed by atoms with Crippen molar-refractivity contribution in [1.29, 1.82) is 0 Å². The van der Waals surface area contributed by atoms with Crippen molar-refractivity contribution in [1.82, 2.24) is 4.98 Å². The maximum atomic E-state index is 11.0. The molecule has 1 heterocycles. The van der Waals surface area contributed by atoms with Crippen LogP contribution in [0, 0.1) is 0 Å². The number of thiazole rings is 1. The van der Waals surface area contributed by atoms with Gasteiger partial charge in [0.25, 0.3) is 0 Å². The van der Waals surface area contributed by atoms with Crippen LogP contribution in [-0.4, -0.2) is 15.9 Å². The Morgan fingerprint density at radius 2 is 2.55 bits per heavy atom. The lowest BCUT2D eigenvalue weighted by atomic mass is 10.3. The Balaban J connectivity index is 2.80. The molecule has 0 saturated carbocycles. The smallest absolute Gasteiger partial charge is 0.191 e. The van der Waals surface area contributed by atoms with E-state index in [2.05, 4.69) is 4.98 Å². The first-order valence-corrected chi connectivity index (χ1v) is 4.18. The van der Waals surface area contributed by atoms with E-state index in [0.717, 1.165) is 4.88 Å². The number of nitrogens with zero attached hydrogens (tertiary/aromatic N) is 1. The van der Waals surface area contributed by atoms with Gasteiger partial charge in [-0.1, -0.05) is 6.92 Å². The lowest BCUT2D eigenvalue weighted by molar-refractivity contribution is 0.0988. The van der Waals surface area contributed by atoms with Crippen molar-refractivity contribution in [3.05, 3.63) is 16.1 Å². The fourth-order valence-corrected chi connectivity index (χ4v) is 1.44. The number of aromatic nitrogens is 1. The third-order valence-electron chi connectivity index (χ3n) is 1.27. The maximum absolute atomic E-state index is 11.0. The van der Waals surface area contributed by atoms with Crippen LogP contribution in [0.4, 0.5) is 0 Å². The van der Waals surface area contributed by atoms with E-state index in [4.69, 9.17) is 5.11 Å². The molecule has 3 nitrogen and oxygen atoms in total. The molecule has 4 heteroatoms. The van der Waals surface area contributed by atoms with Gasteiger partial charge in [-0.15, -0.1) is 11.3 Å². The summed E-state index contributed by atoms with van der Waals surface area (Å²) in [6.07, 6.45) is 2.01. The summed E-state index contributed by atoms with van der Waals surface area (Å²) in [5.41, 5.74) is 0. The van der Waals surface area contributed by atoms with Gasteiger partial charge >= 0.3 is 0 Å². The van der Waals surface area contributed by atoms with Gasteiger partial charge in [0, 0.05) is 12.6 Å². The van der Waals surface area contributed by atoms with E-state index in [1.165, 1.54) is 17.5 Å². The first kappa shape index (κ1) is 8.36. The first-order valence-electron chi connectivity index (χ1n) is 3.36. The summed E-state index contributed by atoms with van der Waals surface area (Å²) < 4.78 is 0. The first-order chi connectivity index (χ1) is 5.27. The molecular weight excluding hydrogens is 162 g/mol. The molecule has 0 bridgehead atoms. The van der Waals surface area contributed by atoms with E-state index in [9.17, 15) is 4.79 Å². The van der Waals surface area contributed by atoms with Gasteiger partial charge in [0.2, 0.25) is 0 Å². The number of ketones is 1. The van der Waals surface area contributed by atoms with Crippen LogP contribution in [0.3, 0.4) is 0 Å². The van der Waals surface area contributed by atoms with Crippen LogP contribution in [-0.2, 0) is 6.61 Å². The monoisotopic (exact) mass is 171 g/mol. The third-order valence-corrected chi connectivity index (χ3v) is 2.29. The highest BCUT2D eigenvalue weighted by Gasteiger charge is 2.07. The molecule has 0 fully saturated rings. The molecule has 0 spiro atoms. The van der Waals surface area contributed by atoms with Crippen LogP contribution >= 0.6 is 11.3 Å². The van der Waals surface area contributed by atoms with Crippen molar-refractivity contribution in [2.45, 2.75) is 20.0 Å².